The third kappa shape index (κ3) is 5.74. The summed E-state index contributed by atoms with van der Waals surface area (Å²) in [5.74, 6) is 1.92. The highest BCUT2D eigenvalue weighted by molar-refractivity contribution is 6.18. The van der Waals surface area contributed by atoms with Crippen LogP contribution < -0.4 is 0 Å². The molecule has 0 fully saturated rings. The Morgan fingerprint density at radius 1 is 0.281 bits per heavy atom. The van der Waals surface area contributed by atoms with Crippen LogP contribution >= 0.6 is 0 Å². The average Bonchev–Trinajstić information content (AvgIpc) is 3.64. The van der Waals surface area contributed by atoms with Gasteiger partial charge in [-0.25, -0.2) is 15.0 Å². The van der Waals surface area contributed by atoms with Crippen molar-refractivity contribution in [1.82, 2.24) is 19.5 Å². The van der Waals surface area contributed by atoms with Crippen LogP contribution in [0.5, 0.6) is 0 Å². The van der Waals surface area contributed by atoms with Gasteiger partial charge in [0.25, 0.3) is 0 Å². The van der Waals surface area contributed by atoms with E-state index in [2.05, 4.69) is 180 Å². The number of hydrogen-bond acceptors (Lipinski definition) is 3. The van der Waals surface area contributed by atoms with Gasteiger partial charge >= 0.3 is 0 Å². The number of nitrogens with zero attached hydrogens (tertiary/aromatic N) is 4. The van der Waals surface area contributed by atoms with Crippen molar-refractivity contribution >= 4 is 43.4 Å². The van der Waals surface area contributed by atoms with E-state index in [1.165, 1.54) is 48.9 Å². The van der Waals surface area contributed by atoms with E-state index in [1.807, 2.05) is 30.3 Å². The summed E-state index contributed by atoms with van der Waals surface area (Å²) in [4.78, 5) is 15.0. The van der Waals surface area contributed by atoms with Crippen LogP contribution in [0.3, 0.4) is 0 Å². The molecule has 0 aliphatic heterocycles. The number of rotatable bonds is 6. The zero-order valence-electron chi connectivity index (χ0n) is 30.9. The lowest BCUT2D eigenvalue weighted by molar-refractivity contribution is 1.07. The maximum Gasteiger partial charge on any atom is 0.164 e. The lowest BCUT2D eigenvalue weighted by Gasteiger charge is -2.12. The van der Waals surface area contributed by atoms with Gasteiger partial charge in [0.05, 0.1) is 11.0 Å². The zero-order chi connectivity index (χ0) is 37.7. The Kier molecular flexibility index (Phi) is 7.78. The Morgan fingerprint density at radius 3 is 1.42 bits per heavy atom. The Balaban J connectivity index is 0.940. The van der Waals surface area contributed by atoms with Crippen LogP contribution in [-0.4, -0.2) is 19.5 Å². The van der Waals surface area contributed by atoms with Gasteiger partial charge in [0.1, 0.15) is 0 Å². The molecule has 4 nitrogen and oxygen atoms in total. The summed E-state index contributed by atoms with van der Waals surface area (Å²) < 4.78 is 2.40. The van der Waals surface area contributed by atoms with Crippen LogP contribution in [0.25, 0.3) is 105 Å². The molecular formula is C53H34N4. The predicted octanol–water partition coefficient (Wildman–Crippen LogP) is 13.6. The van der Waals surface area contributed by atoms with Crippen molar-refractivity contribution in [3.8, 4) is 62.1 Å². The van der Waals surface area contributed by atoms with Crippen LogP contribution in [-0.2, 0) is 0 Å². The fourth-order valence-electron chi connectivity index (χ4n) is 8.24. The fraction of sp³-hybridized carbons (Fsp3) is 0. The number of para-hydroxylation sites is 1. The summed E-state index contributed by atoms with van der Waals surface area (Å²) in [5, 5.41) is 7.47. The number of aromatic nitrogens is 4. The van der Waals surface area contributed by atoms with E-state index in [-0.39, 0.29) is 0 Å². The van der Waals surface area contributed by atoms with E-state index in [4.69, 9.17) is 15.0 Å². The van der Waals surface area contributed by atoms with Gasteiger partial charge in [0.15, 0.2) is 17.5 Å². The predicted molar refractivity (Wildman–Crippen MR) is 236 cm³/mol. The van der Waals surface area contributed by atoms with Gasteiger partial charge in [-0.3, -0.25) is 0 Å². The van der Waals surface area contributed by atoms with Crippen LogP contribution in [0.1, 0.15) is 0 Å². The summed E-state index contributed by atoms with van der Waals surface area (Å²) in [5.41, 5.74) is 11.0. The fourth-order valence-corrected chi connectivity index (χ4v) is 8.24. The van der Waals surface area contributed by atoms with Crippen LogP contribution in [0.4, 0.5) is 0 Å². The number of fused-ring (bicyclic) bond motifs is 6. The monoisotopic (exact) mass is 726 g/mol. The lowest BCUT2D eigenvalue weighted by Crippen LogP contribution is -2.00. The van der Waals surface area contributed by atoms with Gasteiger partial charge in [-0.2, -0.15) is 0 Å². The van der Waals surface area contributed by atoms with Gasteiger partial charge in [0, 0.05) is 38.5 Å². The highest BCUT2D eigenvalue weighted by Crippen LogP contribution is 2.37. The average molecular weight is 727 g/mol. The van der Waals surface area contributed by atoms with Crippen LogP contribution in [0.15, 0.2) is 206 Å². The van der Waals surface area contributed by atoms with Gasteiger partial charge < -0.3 is 4.57 Å². The van der Waals surface area contributed by atoms with Crippen molar-refractivity contribution in [2.45, 2.75) is 0 Å². The molecule has 0 spiro atoms. The Morgan fingerprint density at radius 2 is 0.754 bits per heavy atom. The normalized spacial score (nSPS) is 11.5. The maximum absolute atomic E-state index is 5.04. The molecule has 2 aromatic heterocycles. The Bertz CT molecular complexity index is 3250. The molecule has 11 rings (SSSR count). The topological polar surface area (TPSA) is 43.6 Å². The van der Waals surface area contributed by atoms with Crippen molar-refractivity contribution in [1.29, 1.82) is 0 Å². The van der Waals surface area contributed by atoms with Gasteiger partial charge in [-0.1, -0.05) is 188 Å². The molecule has 0 saturated heterocycles. The van der Waals surface area contributed by atoms with Crippen molar-refractivity contribution in [3.63, 3.8) is 0 Å². The molecule has 0 atom stereocenters. The molecule has 11 aromatic rings. The van der Waals surface area contributed by atoms with E-state index in [0.29, 0.717) is 17.5 Å². The van der Waals surface area contributed by atoms with Crippen molar-refractivity contribution in [3.05, 3.63) is 206 Å². The van der Waals surface area contributed by atoms with Gasteiger partial charge in [0.2, 0.25) is 0 Å². The van der Waals surface area contributed by atoms with E-state index in [9.17, 15) is 0 Å². The van der Waals surface area contributed by atoms with E-state index < -0.39 is 0 Å². The Labute approximate surface area is 330 Å². The number of hydrogen-bond donors (Lipinski definition) is 0. The van der Waals surface area contributed by atoms with Crippen molar-refractivity contribution in [2.24, 2.45) is 0 Å². The molecule has 266 valence electrons. The minimum atomic E-state index is 0.637. The second-order valence-electron chi connectivity index (χ2n) is 14.4. The molecule has 0 bridgehead atoms. The molecule has 0 saturated carbocycles. The minimum absolute atomic E-state index is 0.637. The van der Waals surface area contributed by atoms with Crippen molar-refractivity contribution < 1.29 is 0 Å². The molecule has 2 heterocycles. The van der Waals surface area contributed by atoms with Crippen molar-refractivity contribution in [2.75, 3.05) is 0 Å². The first-order valence-corrected chi connectivity index (χ1v) is 19.3. The smallest absolute Gasteiger partial charge is 0.164 e. The van der Waals surface area contributed by atoms with Crippen LogP contribution in [0.2, 0.25) is 0 Å². The van der Waals surface area contributed by atoms with Gasteiger partial charge in [-0.05, 0) is 56.6 Å². The number of benzene rings is 9. The van der Waals surface area contributed by atoms with Gasteiger partial charge in [-0.15, -0.1) is 0 Å². The van der Waals surface area contributed by atoms with E-state index >= 15 is 0 Å². The standard InChI is InChI=1S/C53H34N4/c1-2-13-40(14-3-1)51-54-52(56-53(55-51)42-27-23-39(24-28-42)45-19-10-15-37-11-4-6-16-44(37)45)41-25-21-35(22-26-41)36-29-32-43(33-30-36)57-49-20-9-8-18-47(49)48-34-31-38-12-5-7-17-46(38)50(48)57/h1-34H. The first-order valence-electron chi connectivity index (χ1n) is 19.3. The second kappa shape index (κ2) is 13.6. The molecule has 0 aliphatic rings. The molecule has 0 radical (unpaired) electrons. The molecule has 0 aliphatic carbocycles. The third-order valence-corrected chi connectivity index (χ3v) is 11.1. The highest BCUT2D eigenvalue weighted by atomic mass is 15.0. The Hall–Kier alpha value is -7.69. The first-order chi connectivity index (χ1) is 28.2. The lowest BCUT2D eigenvalue weighted by atomic mass is 9.97. The molecule has 57 heavy (non-hydrogen) atoms. The SMILES string of the molecule is c1ccc(-c2nc(-c3ccc(-c4ccc(-n5c6ccccc6c6ccc7ccccc7c65)cc4)cc3)nc(-c3ccc(-c4cccc5ccccc45)cc3)n2)cc1. The third-order valence-electron chi connectivity index (χ3n) is 11.1. The highest BCUT2D eigenvalue weighted by Gasteiger charge is 2.16. The quantitative estimate of drug-likeness (QED) is 0.171. The maximum atomic E-state index is 5.04. The molecule has 4 heteroatoms. The molecule has 0 N–H and O–H groups in total. The second-order valence-corrected chi connectivity index (χ2v) is 14.4. The molecule has 0 unspecified atom stereocenters. The summed E-state index contributed by atoms with van der Waals surface area (Å²) in [6.07, 6.45) is 0. The first kappa shape index (κ1) is 32.7. The summed E-state index contributed by atoms with van der Waals surface area (Å²) >= 11 is 0. The molecule has 0 amide bonds. The zero-order valence-corrected chi connectivity index (χ0v) is 30.9. The van der Waals surface area contributed by atoms with E-state index in [0.717, 1.165) is 39.1 Å². The molecule has 9 aromatic carbocycles. The minimum Gasteiger partial charge on any atom is -0.309 e. The van der Waals surface area contributed by atoms with Crippen LogP contribution in [0, 0.1) is 0 Å². The summed E-state index contributed by atoms with van der Waals surface area (Å²) in [7, 11) is 0. The largest absolute Gasteiger partial charge is 0.309 e. The molecular weight excluding hydrogens is 693 g/mol. The summed E-state index contributed by atoms with van der Waals surface area (Å²) in [6, 6.07) is 72.9. The summed E-state index contributed by atoms with van der Waals surface area (Å²) in [6.45, 7) is 0. The van der Waals surface area contributed by atoms with E-state index in [1.54, 1.807) is 0 Å².